The summed E-state index contributed by atoms with van der Waals surface area (Å²) in [5.41, 5.74) is 10.4. The molecule has 3 N–H and O–H groups in total. The molecule has 0 bridgehead atoms. The van der Waals surface area contributed by atoms with Gasteiger partial charge in [0.15, 0.2) is 0 Å². The fourth-order valence-electron chi connectivity index (χ4n) is 1.98. The molecule has 5 nitrogen and oxygen atoms in total. The van der Waals surface area contributed by atoms with Crippen LogP contribution in [-0.2, 0) is 6.61 Å². The van der Waals surface area contributed by atoms with Crippen LogP contribution in [0.25, 0.3) is 0 Å². The lowest BCUT2D eigenvalue weighted by molar-refractivity contribution is 0.306. The fraction of sp³-hybridized carbons (Fsp3) is 0.0588. The monoisotopic (exact) mass is 402 g/mol. The minimum absolute atomic E-state index is 0.487. The number of halogens is 1. The van der Waals surface area contributed by atoms with Crippen LogP contribution in [0, 0.1) is 0 Å². The summed E-state index contributed by atoms with van der Waals surface area (Å²) < 4.78 is 6.87. The lowest BCUT2D eigenvalue weighted by Crippen LogP contribution is -1.96. The first-order valence-corrected chi connectivity index (χ1v) is 8.84. The summed E-state index contributed by atoms with van der Waals surface area (Å²) in [5.74, 6) is 1.28. The Balaban J connectivity index is 1.59. The zero-order chi connectivity index (χ0) is 16.8. The fourth-order valence-corrected chi connectivity index (χ4v) is 2.97. The van der Waals surface area contributed by atoms with Gasteiger partial charge in [0, 0.05) is 9.85 Å². The highest BCUT2D eigenvalue weighted by atomic mass is 79.9. The minimum atomic E-state index is 0.487. The molecule has 0 saturated carbocycles. The van der Waals surface area contributed by atoms with Crippen LogP contribution in [0.2, 0.25) is 0 Å². The summed E-state index contributed by atoms with van der Waals surface area (Å²) in [6.45, 7) is 0.511. The largest absolute Gasteiger partial charge is 0.489 e. The van der Waals surface area contributed by atoms with Crippen molar-refractivity contribution in [3.8, 4) is 5.75 Å². The van der Waals surface area contributed by atoms with Crippen molar-refractivity contribution in [2.24, 2.45) is 5.10 Å². The molecule has 3 rings (SSSR count). The van der Waals surface area contributed by atoms with E-state index >= 15 is 0 Å². The molecule has 24 heavy (non-hydrogen) atoms. The number of nitrogens with one attached hydrogen (secondary N) is 1. The van der Waals surface area contributed by atoms with E-state index in [-0.39, 0.29) is 0 Å². The van der Waals surface area contributed by atoms with Crippen molar-refractivity contribution in [2.75, 3.05) is 11.2 Å². The summed E-state index contributed by atoms with van der Waals surface area (Å²) in [6.07, 6.45) is 1.71. The normalized spacial score (nSPS) is 10.9. The Kier molecular flexibility index (Phi) is 5.45. The molecule has 0 atom stereocenters. The van der Waals surface area contributed by atoms with Gasteiger partial charge in [-0.2, -0.15) is 5.10 Å². The summed E-state index contributed by atoms with van der Waals surface area (Å²) in [7, 11) is 0. The highest BCUT2D eigenvalue weighted by Crippen LogP contribution is 2.18. The van der Waals surface area contributed by atoms with Crippen molar-refractivity contribution in [2.45, 2.75) is 6.61 Å². The standard InChI is InChI=1S/C17H15BrN4OS/c18-14-5-1-4-13(7-14)10-23-15-6-2-3-12(8-15)9-20-22-17-21-16(19)11-24-17/h1-9,11H,10,19H2,(H,21,22). The summed E-state index contributed by atoms with van der Waals surface area (Å²) >= 11 is 4.86. The van der Waals surface area contributed by atoms with Gasteiger partial charge in [-0.15, -0.1) is 11.3 Å². The van der Waals surface area contributed by atoms with Crippen molar-refractivity contribution in [1.82, 2.24) is 4.98 Å². The van der Waals surface area contributed by atoms with Gasteiger partial charge in [-0.3, -0.25) is 5.43 Å². The van der Waals surface area contributed by atoms with Crippen LogP contribution in [0.5, 0.6) is 5.75 Å². The molecular formula is C17H15BrN4OS. The Labute approximate surface area is 152 Å². The highest BCUT2D eigenvalue weighted by Gasteiger charge is 1.99. The molecule has 7 heteroatoms. The smallest absolute Gasteiger partial charge is 0.205 e. The second-order valence-electron chi connectivity index (χ2n) is 4.94. The van der Waals surface area contributed by atoms with E-state index < -0.39 is 0 Å². The van der Waals surface area contributed by atoms with E-state index in [2.05, 4.69) is 31.4 Å². The van der Waals surface area contributed by atoms with Gasteiger partial charge in [-0.1, -0.05) is 40.2 Å². The number of ether oxygens (including phenoxy) is 1. The van der Waals surface area contributed by atoms with Gasteiger partial charge < -0.3 is 10.5 Å². The molecule has 0 radical (unpaired) electrons. The predicted molar refractivity (Wildman–Crippen MR) is 103 cm³/mol. The van der Waals surface area contributed by atoms with Crippen LogP contribution in [0.1, 0.15) is 11.1 Å². The van der Waals surface area contributed by atoms with Crippen LogP contribution in [0.4, 0.5) is 10.9 Å². The number of hydrogen-bond acceptors (Lipinski definition) is 6. The molecule has 0 spiro atoms. The molecule has 0 aliphatic heterocycles. The molecule has 3 aromatic rings. The molecule has 0 fully saturated rings. The highest BCUT2D eigenvalue weighted by molar-refractivity contribution is 9.10. The number of hydrogen-bond donors (Lipinski definition) is 2. The van der Waals surface area contributed by atoms with E-state index in [0.29, 0.717) is 17.6 Å². The van der Waals surface area contributed by atoms with Crippen LogP contribution < -0.4 is 15.9 Å². The van der Waals surface area contributed by atoms with E-state index in [1.165, 1.54) is 11.3 Å². The average molecular weight is 403 g/mol. The van der Waals surface area contributed by atoms with Gasteiger partial charge in [0.2, 0.25) is 5.13 Å². The Bertz CT molecular complexity index is 850. The van der Waals surface area contributed by atoms with Gasteiger partial charge in [0.25, 0.3) is 0 Å². The van der Waals surface area contributed by atoms with E-state index in [9.17, 15) is 0 Å². The van der Waals surface area contributed by atoms with Crippen LogP contribution in [0.3, 0.4) is 0 Å². The third kappa shape index (κ3) is 4.81. The molecule has 1 aromatic heterocycles. The number of nitrogens with zero attached hydrogens (tertiary/aromatic N) is 2. The third-order valence-electron chi connectivity index (χ3n) is 3.05. The quantitative estimate of drug-likeness (QED) is 0.469. The summed E-state index contributed by atoms with van der Waals surface area (Å²) in [6, 6.07) is 15.8. The second-order valence-corrected chi connectivity index (χ2v) is 6.71. The lowest BCUT2D eigenvalue weighted by Gasteiger charge is -2.07. The zero-order valence-electron chi connectivity index (χ0n) is 12.6. The summed E-state index contributed by atoms with van der Waals surface area (Å²) in [4.78, 5) is 4.07. The number of nitrogens with two attached hydrogens (primary N) is 1. The van der Waals surface area contributed by atoms with Gasteiger partial charge in [-0.25, -0.2) is 4.98 Å². The number of hydrazone groups is 1. The van der Waals surface area contributed by atoms with E-state index in [0.717, 1.165) is 21.3 Å². The third-order valence-corrected chi connectivity index (χ3v) is 4.31. The molecule has 0 amide bonds. The molecule has 2 aromatic carbocycles. The molecule has 0 aliphatic carbocycles. The Hall–Kier alpha value is -2.38. The van der Waals surface area contributed by atoms with Crippen molar-refractivity contribution >= 4 is 44.4 Å². The number of aromatic nitrogens is 1. The van der Waals surface area contributed by atoms with E-state index in [1.54, 1.807) is 11.6 Å². The summed E-state index contributed by atoms with van der Waals surface area (Å²) in [5, 5.41) is 6.57. The Morgan fingerprint density at radius 1 is 1.25 bits per heavy atom. The maximum absolute atomic E-state index is 5.83. The number of rotatable bonds is 6. The Morgan fingerprint density at radius 3 is 2.92 bits per heavy atom. The van der Waals surface area contributed by atoms with E-state index in [1.807, 2.05) is 48.5 Å². The number of benzene rings is 2. The van der Waals surface area contributed by atoms with Crippen molar-refractivity contribution in [1.29, 1.82) is 0 Å². The van der Waals surface area contributed by atoms with Crippen molar-refractivity contribution < 1.29 is 4.74 Å². The average Bonchev–Trinajstić information content (AvgIpc) is 2.99. The first-order chi connectivity index (χ1) is 11.7. The SMILES string of the molecule is Nc1csc(NN=Cc2cccc(OCc3cccc(Br)c3)c2)n1. The maximum atomic E-state index is 5.83. The van der Waals surface area contributed by atoms with Crippen LogP contribution in [-0.4, -0.2) is 11.2 Å². The first kappa shape index (κ1) is 16.5. The van der Waals surface area contributed by atoms with E-state index in [4.69, 9.17) is 10.5 Å². The molecule has 0 saturated heterocycles. The number of thiazole rings is 1. The molecule has 1 heterocycles. The predicted octanol–water partition coefficient (Wildman–Crippen LogP) is 4.51. The number of anilines is 2. The maximum Gasteiger partial charge on any atom is 0.205 e. The van der Waals surface area contributed by atoms with Crippen LogP contribution in [0.15, 0.2) is 63.5 Å². The molecule has 0 unspecified atom stereocenters. The minimum Gasteiger partial charge on any atom is -0.489 e. The molecule has 0 aliphatic rings. The topological polar surface area (TPSA) is 72.5 Å². The van der Waals surface area contributed by atoms with Crippen LogP contribution >= 0.6 is 27.3 Å². The second kappa shape index (κ2) is 7.94. The van der Waals surface area contributed by atoms with Gasteiger partial charge in [0.1, 0.15) is 18.2 Å². The lowest BCUT2D eigenvalue weighted by atomic mass is 10.2. The molecular weight excluding hydrogens is 388 g/mol. The first-order valence-electron chi connectivity index (χ1n) is 7.16. The van der Waals surface area contributed by atoms with Gasteiger partial charge in [0.05, 0.1) is 6.21 Å². The van der Waals surface area contributed by atoms with Crippen molar-refractivity contribution in [3.05, 3.63) is 69.5 Å². The van der Waals surface area contributed by atoms with Gasteiger partial charge in [-0.05, 0) is 35.4 Å². The molecule has 122 valence electrons. The Morgan fingerprint density at radius 2 is 2.12 bits per heavy atom. The van der Waals surface area contributed by atoms with Gasteiger partial charge >= 0.3 is 0 Å². The van der Waals surface area contributed by atoms with Crippen molar-refractivity contribution in [3.63, 3.8) is 0 Å². The number of nitrogen functional groups attached to an aromatic ring is 1. The zero-order valence-corrected chi connectivity index (χ0v) is 15.0.